The second-order valence-electron chi connectivity index (χ2n) is 7.25. The molecule has 0 aliphatic carbocycles. The van der Waals surface area contributed by atoms with E-state index in [1.807, 2.05) is 6.92 Å². The Labute approximate surface area is 122 Å². The Balaban J connectivity index is 3.40. The molecule has 19 heavy (non-hydrogen) atoms. The smallest absolute Gasteiger partial charge is 0.0512 e. The van der Waals surface area contributed by atoms with E-state index in [9.17, 15) is 5.11 Å². The van der Waals surface area contributed by atoms with Crippen LogP contribution < -0.4 is 0 Å². The maximum atomic E-state index is 9.24. The summed E-state index contributed by atoms with van der Waals surface area (Å²) in [7, 11) is 0. The third-order valence-electron chi connectivity index (χ3n) is 4.19. The Morgan fingerprint density at radius 3 is 1.32 bits per heavy atom. The van der Waals surface area contributed by atoms with Crippen LogP contribution in [0.3, 0.4) is 0 Å². The maximum absolute atomic E-state index is 9.24. The van der Waals surface area contributed by atoms with Crippen molar-refractivity contribution < 1.29 is 5.11 Å². The third-order valence-corrected chi connectivity index (χ3v) is 4.19. The highest BCUT2D eigenvalue weighted by Gasteiger charge is 2.07. The molecule has 1 N–H and O–H groups in total. The van der Waals surface area contributed by atoms with Crippen LogP contribution in [-0.4, -0.2) is 11.2 Å². The molecule has 0 heterocycles. The average Bonchev–Trinajstić information content (AvgIpc) is 2.27. The predicted molar refractivity (Wildman–Crippen MR) is 86.4 cm³/mol. The van der Waals surface area contributed by atoms with Crippen molar-refractivity contribution in [3.05, 3.63) is 0 Å². The van der Waals surface area contributed by atoms with E-state index in [4.69, 9.17) is 0 Å². The summed E-state index contributed by atoms with van der Waals surface area (Å²) in [6.45, 7) is 11.3. The van der Waals surface area contributed by atoms with Gasteiger partial charge in [-0.05, 0) is 31.1 Å². The van der Waals surface area contributed by atoms with E-state index in [1.165, 1.54) is 51.4 Å². The summed E-state index contributed by atoms with van der Waals surface area (Å²) in [5, 5.41) is 9.24. The van der Waals surface area contributed by atoms with Crippen LogP contribution in [0.5, 0.6) is 0 Å². The maximum Gasteiger partial charge on any atom is 0.0512 e. The molecule has 0 aromatic carbocycles. The van der Waals surface area contributed by atoms with Gasteiger partial charge in [0.15, 0.2) is 0 Å². The molecule has 0 aliphatic rings. The Kier molecular flexibility index (Phi) is 11.7. The fraction of sp³-hybridized carbons (Fsp3) is 1.00. The third kappa shape index (κ3) is 14.2. The molecular weight excluding hydrogens is 232 g/mol. The average molecular weight is 271 g/mol. The Morgan fingerprint density at radius 2 is 0.947 bits per heavy atom. The lowest BCUT2D eigenvalue weighted by Gasteiger charge is -2.15. The molecule has 0 unspecified atom stereocenters. The van der Waals surface area contributed by atoms with Gasteiger partial charge in [0, 0.05) is 0 Å². The van der Waals surface area contributed by atoms with Crippen LogP contribution in [0.25, 0.3) is 0 Å². The lowest BCUT2D eigenvalue weighted by molar-refractivity contribution is 0.178. The van der Waals surface area contributed by atoms with E-state index in [2.05, 4.69) is 27.7 Å². The molecule has 0 bridgehead atoms. The van der Waals surface area contributed by atoms with Crippen LogP contribution in [0.2, 0.25) is 0 Å². The van der Waals surface area contributed by atoms with Gasteiger partial charge >= 0.3 is 0 Å². The van der Waals surface area contributed by atoms with E-state index in [1.54, 1.807) is 0 Å². The number of aliphatic hydroxyl groups is 1. The molecule has 1 heteroatoms. The molecule has 0 fully saturated rings. The van der Waals surface area contributed by atoms with Crippen molar-refractivity contribution in [2.45, 2.75) is 98.5 Å². The van der Waals surface area contributed by atoms with Crippen molar-refractivity contribution in [1.82, 2.24) is 0 Å². The predicted octanol–water partition coefficient (Wildman–Crippen LogP) is 5.81. The molecule has 0 amide bonds. The van der Waals surface area contributed by atoms with Crippen LogP contribution in [0.4, 0.5) is 0 Å². The molecule has 116 valence electrons. The van der Waals surface area contributed by atoms with Crippen LogP contribution in [0, 0.1) is 17.8 Å². The fourth-order valence-corrected chi connectivity index (χ4v) is 2.74. The molecule has 0 spiro atoms. The molecular formula is C18H38O. The first-order chi connectivity index (χ1) is 8.91. The van der Waals surface area contributed by atoms with Gasteiger partial charge < -0.3 is 5.11 Å². The van der Waals surface area contributed by atoms with Crippen LogP contribution in [-0.2, 0) is 0 Å². The van der Waals surface area contributed by atoms with Crippen LogP contribution >= 0.6 is 0 Å². The Bertz CT molecular complexity index is 166. The molecule has 0 aromatic heterocycles. The Morgan fingerprint density at radius 1 is 0.579 bits per heavy atom. The zero-order valence-electron chi connectivity index (χ0n) is 14.1. The quantitative estimate of drug-likeness (QED) is 0.474. The van der Waals surface area contributed by atoms with Gasteiger partial charge in [0.25, 0.3) is 0 Å². The molecule has 3 atom stereocenters. The summed E-state index contributed by atoms with van der Waals surface area (Å²) < 4.78 is 0. The van der Waals surface area contributed by atoms with Crippen molar-refractivity contribution in [3.63, 3.8) is 0 Å². The highest BCUT2D eigenvalue weighted by molar-refractivity contribution is 4.60. The molecule has 0 saturated carbocycles. The van der Waals surface area contributed by atoms with Crippen molar-refractivity contribution in [1.29, 1.82) is 0 Å². The zero-order valence-corrected chi connectivity index (χ0v) is 14.1. The van der Waals surface area contributed by atoms with Gasteiger partial charge in [-0.1, -0.05) is 79.1 Å². The van der Waals surface area contributed by atoms with E-state index < -0.39 is 0 Å². The van der Waals surface area contributed by atoms with E-state index in [-0.39, 0.29) is 6.10 Å². The monoisotopic (exact) mass is 270 g/mol. The first kappa shape index (κ1) is 19.0. The molecule has 0 saturated heterocycles. The first-order valence-corrected chi connectivity index (χ1v) is 8.59. The minimum absolute atomic E-state index is 0.117. The number of aliphatic hydroxyl groups excluding tert-OH is 1. The van der Waals surface area contributed by atoms with Gasteiger partial charge in [-0.2, -0.15) is 0 Å². The van der Waals surface area contributed by atoms with Crippen molar-refractivity contribution in [3.8, 4) is 0 Å². The lowest BCUT2D eigenvalue weighted by Crippen LogP contribution is -2.03. The highest BCUT2D eigenvalue weighted by atomic mass is 16.3. The lowest BCUT2D eigenvalue weighted by atomic mass is 9.92. The molecule has 0 radical (unpaired) electrons. The summed E-state index contributed by atoms with van der Waals surface area (Å²) >= 11 is 0. The second kappa shape index (κ2) is 11.8. The largest absolute Gasteiger partial charge is 0.393 e. The van der Waals surface area contributed by atoms with Gasteiger partial charge in [0.2, 0.25) is 0 Å². The van der Waals surface area contributed by atoms with Crippen LogP contribution in [0.1, 0.15) is 92.4 Å². The summed E-state index contributed by atoms with van der Waals surface area (Å²) in [5.41, 5.74) is 0. The number of hydrogen-bond acceptors (Lipinski definition) is 1. The minimum Gasteiger partial charge on any atom is -0.393 e. The summed E-state index contributed by atoms with van der Waals surface area (Å²) in [4.78, 5) is 0. The van der Waals surface area contributed by atoms with Crippen LogP contribution in [0.15, 0.2) is 0 Å². The van der Waals surface area contributed by atoms with Gasteiger partial charge in [0.05, 0.1) is 6.10 Å². The van der Waals surface area contributed by atoms with Gasteiger partial charge in [0.1, 0.15) is 0 Å². The van der Waals surface area contributed by atoms with Gasteiger partial charge in [-0.15, -0.1) is 0 Å². The summed E-state index contributed by atoms with van der Waals surface area (Å²) in [5.74, 6) is 2.60. The number of hydrogen-bond donors (Lipinski definition) is 1. The fourth-order valence-electron chi connectivity index (χ4n) is 2.74. The normalized spacial score (nSPS) is 16.6. The van der Waals surface area contributed by atoms with Gasteiger partial charge in [-0.3, -0.25) is 0 Å². The molecule has 1 nitrogen and oxygen atoms in total. The zero-order chi connectivity index (χ0) is 14.7. The molecule has 0 rings (SSSR count). The molecule has 0 aliphatic heterocycles. The number of rotatable bonds is 12. The molecule has 0 aromatic rings. The summed E-state index contributed by atoms with van der Waals surface area (Å²) in [6, 6.07) is 0. The Hall–Kier alpha value is -0.0400. The van der Waals surface area contributed by atoms with Crippen molar-refractivity contribution >= 4 is 0 Å². The van der Waals surface area contributed by atoms with Crippen molar-refractivity contribution in [2.75, 3.05) is 0 Å². The first-order valence-electron chi connectivity index (χ1n) is 8.59. The van der Waals surface area contributed by atoms with Gasteiger partial charge in [-0.25, -0.2) is 0 Å². The van der Waals surface area contributed by atoms with E-state index in [0.29, 0.717) is 0 Å². The van der Waals surface area contributed by atoms with E-state index >= 15 is 0 Å². The SMILES string of the molecule is CC(C)CCC[C@@H](C)CCC[C@@H](C)CCC[C@@H](C)O. The van der Waals surface area contributed by atoms with Crippen molar-refractivity contribution in [2.24, 2.45) is 17.8 Å². The highest BCUT2D eigenvalue weighted by Crippen LogP contribution is 2.21. The second-order valence-corrected chi connectivity index (χ2v) is 7.25. The standard InChI is InChI=1S/C18H38O/c1-15(2)9-6-10-16(3)11-7-12-17(4)13-8-14-18(5)19/h15-19H,6-14H2,1-5H3/t16-,17-,18-/m1/s1. The minimum atomic E-state index is -0.117. The summed E-state index contributed by atoms with van der Waals surface area (Å²) in [6.07, 6.45) is 11.7. The topological polar surface area (TPSA) is 20.2 Å². The van der Waals surface area contributed by atoms with E-state index in [0.717, 1.165) is 24.2 Å².